The summed E-state index contributed by atoms with van der Waals surface area (Å²) in [7, 11) is 0. The molecule has 0 atom stereocenters. The number of imide groups is 1. The summed E-state index contributed by atoms with van der Waals surface area (Å²) >= 11 is 6.74. The first-order valence-corrected chi connectivity index (χ1v) is 12.7. The first-order valence-electron chi connectivity index (χ1n) is 11.5. The molecule has 1 fully saturated rings. The molecule has 0 bridgehead atoms. The maximum absolute atomic E-state index is 12.8. The number of thioether (sulfide) groups is 1. The van der Waals surface area contributed by atoms with E-state index in [9.17, 15) is 14.4 Å². The van der Waals surface area contributed by atoms with Gasteiger partial charge in [0.1, 0.15) is 18.1 Å². The Balaban J connectivity index is 1.28. The van der Waals surface area contributed by atoms with Gasteiger partial charge in [0, 0.05) is 10.7 Å². The molecule has 3 aromatic rings. The highest BCUT2D eigenvalue weighted by Crippen LogP contribution is 2.32. The van der Waals surface area contributed by atoms with Crippen molar-refractivity contribution >= 4 is 52.2 Å². The SMILES string of the molecule is Cc1ccc(C)c(OCCN2C(=O)S/C(=C\c3ccc(OCC(=O)Nc4ccc(Cl)cc4)cc3)C2=O)c1. The third kappa shape index (κ3) is 7.15. The number of carbonyl (C=O) groups excluding carboxylic acids is 3. The van der Waals surface area contributed by atoms with Crippen molar-refractivity contribution in [3.05, 3.63) is 93.3 Å². The molecule has 1 aliphatic rings. The van der Waals surface area contributed by atoms with Crippen LogP contribution in [0.2, 0.25) is 5.02 Å². The zero-order valence-electron chi connectivity index (χ0n) is 20.3. The van der Waals surface area contributed by atoms with Gasteiger partial charge in [-0.2, -0.15) is 0 Å². The molecule has 9 heteroatoms. The first kappa shape index (κ1) is 26.3. The lowest BCUT2D eigenvalue weighted by Crippen LogP contribution is -2.32. The van der Waals surface area contributed by atoms with E-state index < -0.39 is 0 Å². The van der Waals surface area contributed by atoms with Crippen molar-refractivity contribution in [2.75, 3.05) is 25.1 Å². The largest absolute Gasteiger partial charge is 0.491 e. The smallest absolute Gasteiger partial charge is 0.293 e. The Morgan fingerprint density at radius 2 is 1.73 bits per heavy atom. The number of amides is 3. The number of halogens is 1. The van der Waals surface area contributed by atoms with Gasteiger partial charge in [-0.15, -0.1) is 0 Å². The van der Waals surface area contributed by atoms with Crippen LogP contribution in [-0.2, 0) is 9.59 Å². The van der Waals surface area contributed by atoms with Crippen LogP contribution in [0, 0.1) is 13.8 Å². The summed E-state index contributed by atoms with van der Waals surface area (Å²) in [5.41, 5.74) is 3.43. The number of aryl methyl sites for hydroxylation is 2. The van der Waals surface area contributed by atoms with Gasteiger partial charge in [0.2, 0.25) is 0 Å². The van der Waals surface area contributed by atoms with E-state index in [2.05, 4.69) is 5.32 Å². The maximum Gasteiger partial charge on any atom is 0.293 e. The number of nitrogens with zero attached hydrogens (tertiary/aromatic N) is 1. The molecule has 0 spiro atoms. The summed E-state index contributed by atoms with van der Waals surface area (Å²) in [5, 5.41) is 2.98. The van der Waals surface area contributed by atoms with Crippen molar-refractivity contribution in [1.82, 2.24) is 4.90 Å². The van der Waals surface area contributed by atoms with Gasteiger partial charge in [0.15, 0.2) is 6.61 Å². The number of ether oxygens (including phenoxy) is 2. The summed E-state index contributed by atoms with van der Waals surface area (Å²) in [5.74, 6) is 0.591. The molecule has 0 saturated carbocycles. The van der Waals surface area contributed by atoms with E-state index in [1.165, 1.54) is 4.90 Å². The lowest BCUT2D eigenvalue weighted by molar-refractivity contribution is -0.123. The van der Waals surface area contributed by atoms with Crippen molar-refractivity contribution in [1.29, 1.82) is 0 Å². The number of anilines is 1. The molecular formula is C28H25ClN2O5S. The van der Waals surface area contributed by atoms with E-state index in [0.717, 1.165) is 34.2 Å². The standard InChI is InChI=1S/C28H25ClN2O5S/c1-18-3-4-19(2)24(15-18)35-14-13-31-27(33)25(37-28(31)34)16-20-5-11-23(12-6-20)36-17-26(32)30-22-9-7-21(29)8-10-22/h3-12,15-16H,13-14,17H2,1-2H3,(H,30,32)/b25-16-. The number of carbonyl (C=O) groups is 3. The number of hydrogen-bond donors (Lipinski definition) is 1. The zero-order chi connectivity index (χ0) is 26.4. The number of nitrogens with one attached hydrogen (secondary N) is 1. The van der Waals surface area contributed by atoms with Crippen molar-refractivity contribution in [2.45, 2.75) is 13.8 Å². The minimum atomic E-state index is -0.348. The molecule has 1 aliphatic heterocycles. The van der Waals surface area contributed by atoms with Crippen molar-refractivity contribution < 1.29 is 23.9 Å². The monoisotopic (exact) mass is 536 g/mol. The van der Waals surface area contributed by atoms with Crippen molar-refractivity contribution in [3.63, 3.8) is 0 Å². The van der Waals surface area contributed by atoms with Gasteiger partial charge in [-0.05, 0) is 90.8 Å². The molecule has 1 N–H and O–H groups in total. The maximum atomic E-state index is 12.8. The molecule has 1 heterocycles. The van der Waals surface area contributed by atoms with Crippen LogP contribution in [0.1, 0.15) is 16.7 Å². The molecule has 0 aromatic heterocycles. The number of rotatable bonds is 9. The normalized spacial score (nSPS) is 14.2. The van der Waals surface area contributed by atoms with E-state index in [1.807, 2.05) is 32.0 Å². The minimum absolute atomic E-state index is 0.162. The molecule has 1 saturated heterocycles. The van der Waals surface area contributed by atoms with Gasteiger partial charge in [0.25, 0.3) is 17.1 Å². The molecule has 0 radical (unpaired) electrons. The molecule has 7 nitrogen and oxygen atoms in total. The molecule has 3 aromatic carbocycles. The summed E-state index contributed by atoms with van der Waals surface area (Å²) in [4.78, 5) is 38.8. The molecular weight excluding hydrogens is 512 g/mol. The van der Waals surface area contributed by atoms with Crippen LogP contribution in [0.5, 0.6) is 11.5 Å². The average Bonchev–Trinajstić information content (AvgIpc) is 3.14. The number of benzene rings is 3. The Morgan fingerprint density at radius 1 is 1.00 bits per heavy atom. The average molecular weight is 537 g/mol. The van der Waals surface area contributed by atoms with Crippen molar-refractivity contribution in [3.8, 4) is 11.5 Å². The Labute approximate surface area is 224 Å². The fraction of sp³-hybridized carbons (Fsp3) is 0.179. The van der Waals surface area contributed by atoms with Gasteiger partial charge < -0.3 is 14.8 Å². The van der Waals surface area contributed by atoms with Gasteiger partial charge in [-0.1, -0.05) is 35.9 Å². The predicted molar refractivity (Wildman–Crippen MR) is 146 cm³/mol. The summed E-state index contributed by atoms with van der Waals surface area (Å²) in [6.45, 7) is 4.15. The number of hydrogen-bond acceptors (Lipinski definition) is 6. The second-order valence-electron chi connectivity index (χ2n) is 8.36. The van der Waals surface area contributed by atoms with Gasteiger partial charge in [-0.3, -0.25) is 19.3 Å². The van der Waals surface area contributed by atoms with Crippen LogP contribution < -0.4 is 14.8 Å². The van der Waals surface area contributed by atoms with Crippen LogP contribution in [-0.4, -0.2) is 41.7 Å². The fourth-order valence-corrected chi connectivity index (χ4v) is 4.48. The summed E-state index contributed by atoms with van der Waals surface area (Å²) in [6, 6.07) is 19.6. The van der Waals surface area contributed by atoms with Gasteiger partial charge in [0.05, 0.1) is 11.4 Å². The van der Waals surface area contributed by atoms with E-state index >= 15 is 0 Å². The van der Waals surface area contributed by atoms with Gasteiger partial charge in [-0.25, -0.2) is 0 Å². The molecule has 37 heavy (non-hydrogen) atoms. The van der Waals surface area contributed by atoms with E-state index in [0.29, 0.717) is 21.4 Å². The highest BCUT2D eigenvalue weighted by molar-refractivity contribution is 8.18. The Kier molecular flexibility index (Phi) is 8.53. The Bertz CT molecular complexity index is 1340. The lowest BCUT2D eigenvalue weighted by atomic mass is 10.1. The first-order chi connectivity index (χ1) is 17.8. The van der Waals surface area contributed by atoms with Crippen LogP contribution in [0.15, 0.2) is 71.6 Å². The zero-order valence-corrected chi connectivity index (χ0v) is 21.9. The Morgan fingerprint density at radius 3 is 2.46 bits per heavy atom. The predicted octanol–water partition coefficient (Wildman–Crippen LogP) is 6.09. The van der Waals surface area contributed by atoms with Crippen LogP contribution in [0.25, 0.3) is 6.08 Å². The second-order valence-corrected chi connectivity index (χ2v) is 9.79. The molecule has 190 valence electrons. The van der Waals surface area contributed by atoms with Crippen LogP contribution in [0.3, 0.4) is 0 Å². The minimum Gasteiger partial charge on any atom is -0.491 e. The van der Waals surface area contributed by atoms with E-state index in [1.54, 1.807) is 54.6 Å². The van der Waals surface area contributed by atoms with Crippen LogP contribution >= 0.6 is 23.4 Å². The lowest BCUT2D eigenvalue weighted by Gasteiger charge is -2.14. The quantitative estimate of drug-likeness (QED) is 0.333. The van der Waals surface area contributed by atoms with Gasteiger partial charge >= 0.3 is 0 Å². The second kappa shape index (κ2) is 12.0. The highest BCUT2D eigenvalue weighted by atomic mass is 35.5. The molecule has 4 rings (SSSR count). The summed E-state index contributed by atoms with van der Waals surface area (Å²) in [6.07, 6.45) is 1.66. The van der Waals surface area contributed by atoms with E-state index in [-0.39, 0.29) is 36.8 Å². The fourth-order valence-electron chi connectivity index (χ4n) is 3.49. The summed E-state index contributed by atoms with van der Waals surface area (Å²) < 4.78 is 11.3. The highest BCUT2D eigenvalue weighted by Gasteiger charge is 2.34. The molecule has 0 aliphatic carbocycles. The topological polar surface area (TPSA) is 84.9 Å². The van der Waals surface area contributed by atoms with Crippen molar-refractivity contribution in [2.24, 2.45) is 0 Å². The third-order valence-corrected chi connectivity index (χ3v) is 6.62. The molecule has 0 unspecified atom stereocenters. The molecule has 3 amide bonds. The Hall–Kier alpha value is -3.75. The van der Waals surface area contributed by atoms with Crippen LogP contribution in [0.4, 0.5) is 10.5 Å². The van der Waals surface area contributed by atoms with E-state index in [4.69, 9.17) is 21.1 Å². The third-order valence-electron chi connectivity index (χ3n) is 5.47.